The van der Waals surface area contributed by atoms with Gasteiger partial charge < -0.3 is 4.90 Å². The van der Waals surface area contributed by atoms with Crippen molar-refractivity contribution in [2.75, 3.05) is 6.54 Å². The van der Waals surface area contributed by atoms with Crippen molar-refractivity contribution in [3.63, 3.8) is 0 Å². The van der Waals surface area contributed by atoms with Gasteiger partial charge in [0.05, 0.1) is 6.42 Å². The zero-order chi connectivity index (χ0) is 12.3. The van der Waals surface area contributed by atoms with Crippen LogP contribution in [0.4, 0.5) is 0 Å². The summed E-state index contributed by atoms with van der Waals surface area (Å²) in [5.74, 6) is 0.279. The molecule has 1 aliphatic heterocycles. The summed E-state index contributed by atoms with van der Waals surface area (Å²) >= 11 is 0. The first-order valence-corrected chi connectivity index (χ1v) is 6.52. The van der Waals surface area contributed by atoms with Crippen LogP contribution < -0.4 is 0 Å². The predicted octanol–water partition coefficient (Wildman–Crippen LogP) is 2.94. The normalized spacial score (nSPS) is 20.4. The van der Waals surface area contributed by atoms with Gasteiger partial charge in [-0.25, -0.2) is 0 Å². The van der Waals surface area contributed by atoms with Crippen LogP contribution in [-0.4, -0.2) is 23.4 Å². The second kappa shape index (κ2) is 5.35. The van der Waals surface area contributed by atoms with Gasteiger partial charge >= 0.3 is 0 Å². The minimum Gasteiger partial charge on any atom is -0.340 e. The van der Waals surface area contributed by atoms with E-state index in [0.717, 1.165) is 24.9 Å². The quantitative estimate of drug-likeness (QED) is 0.766. The van der Waals surface area contributed by atoms with Gasteiger partial charge in [-0.1, -0.05) is 29.8 Å². The number of hydrogen-bond donors (Lipinski definition) is 0. The van der Waals surface area contributed by atoms with Gasteiger partial charge in [-0.3, -0.25) is 4.79 Å². The van der Waals surface area contributed by atoms with Gasteiger partial charge in [0.15, 0.2) is 0 Å². The van der Waals surface area contributed by atoms with Crippen LogP contribution in [0.15, 0.2) is 24.3 Å². The summed E-state index contributed by atoms with van der Waals surface area (Å²) in [5, 5.41) is 0. The number of aryl methyl sites for hydroxylation is 1. The molecule has 0 saturated carbocycles. The molecule has 0 N–H and O–H groups in total. The molecule has 1 atom stereocenters. The number of likely N-dealkylation sites (tertiary alicyclic amines) is 1. The van der Waals surface area contributed by atoms with Crippen molar-refractivity contribution < 1.29 is 4.79 Å². The van der Waals surface area contributed by atoms with Gasteiger partial charge in [0.25, 0.3) is 0 Å². The highest BCUT2D eigenvalue weighted by molar-refractivity contribution is 5.79. The van der Waals surface area contributed by atoms with Crippen LogP contribution in [0, 0.1) is 6.92 Å². The molecule has 0 aromatic heterocycles. The van der Waals surface area contributed by atoms with Crippen molar-refractivity contribution in [2.45, 2.75) is 45.6 Å². The lowest BCUT2D eigenvalue weighted by Crippen LogP contribution is -2.42. The molecule has 2 rings (SSSR count). The van der Waals surface area contributed by atoms with E-state index in [4.69, 9.17) is 0 Å². The molecule has 0 bridgehead atoms. The van der Waals surface area contributed by atoms with E-state index in [1.165, 1.54) is 12.0 Å². The minimum absolute atomic E-state index is 0.279. The molecule has 2 nitrogen and oxygen atoms in total. The maximum atomic E-state index is 12.2. The molecule has 1 saturated heterocycles. The third-order valence-corrected chi connectivity index (χ3v) is 3.60. The number of benzene rings is 1. The third-order valence-electron chi connectivity index (χ3n) is 3.60. The molecule has 1 unspecified atom stereocenters. The van der Waals surface area contributed by atoms with Gasteiger partial charge in [0.1, 0.15) is 0 Å². The molecule has 1 fully saturated rings. The van der Waals surface area contributed by atoms with Crippen molar-refractivity contribution in [3.8, 4) is 0 Å². The van der Waals surface area contributed by atoms with E-state index in [0.29, 0.717) is 12.5 Å². The van der Waals surface area contributed by atoms with Crippen LogP contribution in [0.2, 0.25) is 0 Å². The summed E-state index contributed by atoms with van der Waals surface area (Å²) in [6, 6.07) is 8.68. The lowest BCUT2D eigenvalue weighted by atomic mass is 10.0. The Kier molecular flexibility index (Phi) is 3.82. The number of carbonyl (C=O) groups excluding carboxylic acids is 1. The van der Waals surface area contributed by atoms with E-state index in [1.54, 1.807) is 0 Å². The van der Waals surface area contributed by atoms with Crippen LogP contribution in [0.3, 0.4) is 0 Å². The Balaban J connectivity index is 1.98. The highest BCUT2D eigenvalue weighted by Gasteiger charge is 2.22. The maximum Gasteiger partial charge on any atom is 0.227 e. The van der Waals surface area contributed by atoms with Gasteiger partial charge in [-0.2, -0.15) is 0 Å². The summed E-state index contributed by atoms with van der Waals surface area (Å²) in [6.45, 7) is 5.16. The minimum atomic E-state index is 0.279. The van der Waals surface area contributed by atoms with Crippen molar-refractivity contribution in [2.24, 2.45) is 0 Å². The molecular weight excluding hydrogens is 210 g/mol. The Labute approximate surface area is 104 Å². The molecule has 1 aromatic rings. The monoisotopic (exact) mass is 231 g/mol. The summed E-state index contributed by atoms with van der Waals surface area (Å²) in [4.78, 5) is 14.2. The van der Waals surface area contributed by atoms with E-state index in [9.17, 15) is 4.79 Å². The SMILES string of the molecule is Cc1ccc(CC(=O)N2CCCCC2C)cc1. The molecule has 1 aromatic carbocycles. The lowest BCUT2D eigenvalue weighted by Gasteiger charge is -2.33. The molecule has 1 aliphatic rings. The largest absolute Gasteiger partial charge is 0.340 e. The Morgan fingerprint density at radius 1 is 1.29 bits per heavy atom. The Bertz CT molecular complexity index is 382. The Hall–Kier alpha value is -1.31. The number of hydrogen-bond acceptors (Lipinski definition) is 1. The fraction of sp³-hybridized carbons (Fsp3) is 0.533. The summed E-state index contributed by atoms with van der Waals surface area (Å²) in [5.41, 5.74) is 2.37. The lowest BCUT2D eigenvalue weighted by molar-refractivity contribution is -0.133. The molecule has 1 amide bonds. The van der Waals surface area contributed by atoms with Gasteiger partial charge in [0, 0.05) is 12.6 Å². The van der Waals surface area contributed by atoms with E-state index >= 15 is 0 Å². The molecule has 17 heavy (non-hydrogen) atoms. The van der Waals surface area contributed by atoms with Crippen molar-refractivity contribution >= 4 is 5.91 Å². The number of rotatable bonds is 2. The van der Waals surface area contributed by atoms with Crippen LogP contribution in [0.1, 0.15) is 37.3 Å². The van der Waals surface area contributed by atoms with E-state index in [1.807, 2.05) is 4.90 Å². The first-order valence-electron chi connectivity index (χ1n) is 6.52. The Morgan fingerprint density at radius 3 is 2.65 bits per heavy atom. The molecule has 0 aliphatic carbocycles. The van der Waals surface area contributed by atoms with Gasteiger partial charge in [-0.15, -0.1) is 0 Å². The van der Waals surface area contributed by atoms with Crippen LogP contribution in [0.5, 0.6) is 0 Å². The number of carbonyl (C=O) groups is 1. The molecule has 0 radical (unpaired) electrons. The zero-order valence-corrected chi connectivity index (χ0v) is 10.8. The molecular formula is C15H21NO. The van der Waals surface area contributed by atoms with Gasteiger partial charge in [0.2, 0.25) is 5.91 Å². The summed E-state index contributed by atoms with van der Waals surface area (Å²) in [6.07, 6.45) is 4.11. The van der Waals surface area contributed by atoms with Crippen LogP contribution in [0.25, 0.3) is 0 Å². The van der Waals surface area contributed by atoms with Crippen LogP contribution >= 0.6 is 0 Å². The van der Waals surface area contributed by atoms with E-state index in [2.05, 4.69) is 38.1 Å². The fourth-order valence-electron chi connectivity index (χ4n) is 2.45. The molecule has 2 heteroatoms. The Morgan fingerprint density at radius 2 is 2.00 bits per heavy atom. The smallest absolute Gasteiger partial charge is 0.227 e. The van der Waals surface area contributed by atoms with Crippen molar-refractivity contribution in [1.82, 2.24) is 4.90 Å². The fourth-order valence-corrected chi connectivity index (χ4v) is 2.45. The number of amides is 1. The average molecular weight is 231 g/mol. The zero-order valence-electron chi connectivity index (χ0n) is 10.8. The third kappa shape index (κ3) is 3.09. The molecule has 1 heterocycles. The second-order valence-corrected chi connectivity index (χ2v) is 5.09. The highest BCUT2D eigenvalue weighted by atomic mass is 16.2. The first kappa shape index (κ1) is 12.2. The maximum absolute atomic E-state index is 12.2. The number of nitrogens with zero attached hydrogens (tertiary/aromatic N) is 1. The highest BCUT2D eigenvalue weighted by Crippen LogP contribution is 2.17. The van der Waals surface area contributed by atoms with Crippen molar-refractivity contribution in [1.29, 1.82) is 0 Å². The predicted molar refractivity (Wildman–Crippen MR) is 69.9 cm³/mol. The molecule has 92 valence electrons. The average Bonchev–Trinajstić information content (AvgIpc) is 2.32. The van der Waals surface area contributed by atoms with Crippen molar-refractivity contribution in [3.05, 3.63) is 35.4 Å². The standard InChI is InChI=1S/C15H21NO/c1-12-6-8-14(9-7-12)11-15(17)16-10-4-3-5-13(16)2/h6-9,13H,3-5,10-11H2,1-2H3. The first-order chi connectivity index (χ1) is 8.16. The topological polar surface area (TPSA) is 20.3 Å². The summed E-state index contributed by atoms with van der Waals surface area (Å²) in [7, 11) is 0. The van der Waals surface area contributed by atoms with E-state index in [-0.39, 0.29) is 5.91 Å². The molecule has 0 spiro atoms. The number of piperidine rings is 1. The van der Waals surface area contributed by atoms with E-state index < -0.39 is 0 Å². The van der Waals surface area contributed by atoms with Gasteiger partial charge in [-0.05, 0) is 38.7 Å². The second-order valence-electron chi connectivity index (χ2n) is 5.09. The summed E-state index contributed by atoms with van der Waals surface area (Å²) < 4.78 is 0. The van der Waals surface area contributed by atoms with Crippen LogP contribution in [-0.2, 0) is 11.2 Å².